The molecular weight excluding hydrogens is 320 g/mol. The summed E-state index contributed by atoms with van der Waals surface area (Å²) in [5, 5.41) is 10.1. The summed E-state index contributed by atoms with van der Waals surface area (Å²) in [4.78, 5) is 18.3. The maximum Gasteiger partial charge on any atom is 0.347 e. The minimum atomic E-state index is -0.245. The average molecular weight is 340 g/mol. The van der Waals surface area contributed by atoms with Crippen LogP contribution in [0.2, 0.25) is 0 Å². The van der Waals surface area contributed by atoms with Gasteiger partial charge in [-0.1, -0.05) is 12.1 Å². The van der Waals surface area contributed by atoms with Gasteiger partial charge in [0.05, 0.1) is 7.11 Å². The quantitative estimate of drug-likeness (QED) is 0.714. The molecule has 1 aliphatic heterocycles. The lowest BCUT2D eigenvalue weighted by Gasteiger charge is -2.18. The van der Waals surface area contributed by atoms with Gasteiger partial charge in [0.15, 0.2) is 5.82 Å². The minimum Gasteiger partial charge on any atom is -0.497 e. The highest BCUT2D eigenvalue weighted by Crippen LogP contribution is 2.21. The third-order valence-electron chi connectivity index (χ3n) is 4.53. The molecular formula is C17H20N6O2. The zero-order valence-electron chi connectivity index (χ0n) is 14.0. The van der Waals surface area contributed by atoms with Crippen LogP contribution in [-0.4, -0.2) is 45.8 Å². The summed E-state index contributed by atoms with van der Waals surface area (Å²) in [6, 6.07) is 8.42. The van der Waals surface area contributed by atoms with Gasteiger partial charge in [0.2, 0.25) is 5.65 Å². The Morgan fingerprint density at radius 1 is 1.44 bits per heavy atom. The third kappa shape index (κ3) is 3.08. The number of hydrogen-bond donors (Lipinski definition) is 2. The maximum atomic E-state index is 11.7. The summed E-state index contributed by atoms with van der Waals surface area (Å²) in [6.07, 6.45) is 4.27. The predicted octanol–water partition coefficient (Wildman–Crippen LogP) is 0.795. The molecule has 0 saturated carbocycles. The molecule has 4 rings (SSSR count). The van der Waals surface area contributed by atoms with Crippen LogP contribution in [0.5, 0.6) is 5.75 Å². The van der Waals surface area contributed by atoms with E-state index in [2.05, 4.69) is 31.5 Å². The standard InChI is InChI=1S/C17H20N6O2/c1-25-14-4-2-3-12(9-14)10-19-13-5-7-22(11-13)15-16-20-21-17(24)23(16)8-6-18-15/h2-4,6,8-9,13,19H,5,7,10-11H2,1H3,(H,21,24). The Morgan fingerprint density at radius 3 is 3.24 bits per heavy atom. The SMILES string of the molecule is COc1cccc(CNC2CCN(c3nccn4c(=O)[nH]nc34)C2)c1. The Balaban J connectivity index is 1.43. The van der Waals surface area contributed by atoms with Gasteiger partial charge in [0.1, 0.15) is 5.75 Å². The van der Waals surface area contributed by atoms with E-state index in [1.54, 1.807) is 19.5 Å². The highest BCUT2D eigenvalue weighted by molar-refractivity contribution is 5.63. The number of ether oxygens (including phenoxy) is 1. The number of aromatic amines is 1. The Bertz CT molecular complexity index is 934. The van der Waals surface area contributed by atoms with Gasteiger partial charge in [-0.05, 0) is 24.1 Å². The normalized spacial score (nSPS) is 17.3. The second-order valence-electron chi connectivity index (χ2n) is 6.14. The van der Waals surface area contributed by atoms with Crippen molar-refractivity contribution in [1.82, 2.24) is 24.9 Å². The van der Waals surface area contributed by atoms with Crippen molar-refractivity contribution in [3.63, 3.8) is 0 Å². The van der Waals surface area contributed by atoms with Gasteiger partial charge in [0, 0.05) is 38.1 Å². The molecule has 25 heavy (non-hydrogen) atoms. The number of methoxy groups -OCH3 is 1. The van der Waals surface area contributed by atoms with Crippen molar-refractivity contribution in [2.24, 2.45) is 0 Å². The molecule has 1 atom stereocenters. The van der Waals surface area contributed by atoms with Crippen molar-refractivity contribution in [3.8, 4) is 5.75 Å². The Morgan fingerprint density at radius 2 is 2.36 bits per heavy atom. The number of rotatable bonds is 5. The first-order valence-corrected chi connectivity index (χ1v) is 8.27. The highest BCUT2D eigenvalue weighted by Gasteiger charge is 2.25. The van der Waals surface area contributed by atoms with E-state index in [1.165, 1.54) is 9.96 Å². The lowest BCUT2D eigenvalue weighted by Crippen LogP contribution is -2.32. The summed E-state index contributed by atoms with van der Waals surface area (Å²) in [7, 11) is 1.68. The molecule has 8 heteroatoms. The summed E-state index contributed by atoms with van der Waals surface area (Å²) in [5.74, 6) is 1.61. The number of nitrogens with one attached hydrogen (secondary N) is 2. The number of aromatic nitrogens is 4. The minimum absolute atomic E-state index is 0.245. The van der Waals surface area contributed by atoms with Crippen LogP contribution in [0.15, 0.2) is 41.5 Å². The second kappa shape index (κ2) is 6.56. The van der Waals surface area contributed by atoms with Crippen LogP contribution in [0.3, 0.4) is 0 Å². The summed E-state index contributed by atoms with van der Waals surface area (Å²) in [5.41, 5.74) is 1.52. The van der Waals surface area contributed by atoms with Gasteiger partial charge in [-0.2, -0.15) is 0 Å². The van der Waals surface area contributed by atoms with Crippen LogP contribution in [0.25, 0.3) is 5.65 Å². The van der Waals surface area contributed by atoms with Crippen molar-refractivity contribution >= 4 is 11.5 Å². The topological polar surface area (TPSA) is 87.5 Å². The Labute approximate surface area is 144 Å². The van der Waals surface area contributed by atoms with Gasteiger partial charge in [-0.15, -0.1) is 5.10 Å². The van der Waals surface area contributed by atoms with Crippen LogP contribution in [-0.2, 0) is 6.54 Å². The molecule has 1 saturated heterocycles. The van der Waals surface area contributed by atoms with Crippen LogP contribution < -0.4 is 20.6 Å². The van der Waals surface area contributed by atoms with Crippen molar-refractivity contribution in [1.29, 1.82) is 0 Å². The maximum absolute atomic E-state index is 11.7. The molecule has 0 radical (unpaired) electrons. The van der Waals surface area contributed by atoms with E-state index >= 15 is 0 Å². The molecule has 1 unspecified atom stereocenters. The molecule has 8 nitrogen and oxygen atoms in total. The first-order chi connectivity index (χ1) is 12.2. The molecule has 3 aromatic rings. The second-order valence-corrected chi connectivity index (χ2v) is 6.14. The van der Waals surface area contributed by atoms with Gasteiger partial charge in [-0.25, -0.2) is 19.3 Å². The van der Waals surface area contributed by atoms with E-state index in [9.17, 15) is 4.79 Å². The van der Waals surface area contributed by atoms with E-state index < -0.39 is 0 Å². The van der Waals surface area contributed by atoms with E-state index in [0.717, 1.165) is 37.6 Å². The molecule has 2 N–H and O–H groups in total. The number of benzene rings is 1. The monoisotopic (exact) mass is 340 g/mol. The van der Waals surface area contributed by atoms with Gasteiger partial charge >= 0.3 is 5.69 Å². The largest absolute Gasteiger partial charge is 0.497 e. The molecule has 130 valence electrons. The summed E-state index contributed by atoms with van der Waals surface area (Å²) in [6.45, 7) is 2.50. The molecule has 0 amide bonds. The molecule has 3 heterocycles. The fourth-order valence-electron chi connectivity index (χ4n) is 3.22. The van der Waals surface area contributed by atoms with Crippen LogP contribution in [0.1, 0.15) is 12.0 Å². The van der Waals surface area contributed by atoms with Gasteiger partial charge in [-0.3, -0.25) is 0 Å². The highest BCUT2D eigenvalue weighted by atomic mass is 16.5. The van der Waals surface area contributed by atoms with Gasteiger partial charge in [0.25, 0.3) is 0 Å². The molecule has 1 aliphatic rings. The van der Waals surface area contributed by atoms with Crippen molar-refractivity contribution in [2.75, 3.05) is 25.1 Å². The number of anilines is 1. The molecule has 2 aromatic heterocycles. The number of fused-ring (bicyclic) bond motifs is 1. The number of nitrogens with zero attached hydrogens (tertiary/aromatic N) is 4. The van der Waals surface area contributed by atoms with Gasteiger partial charge < -0.3 is 15.0 Å². The average Bonchev–Trinajstić information content (AvgIpc) is 3.27. The smallest absolute Gasteiger partial charge is 0.347 e. The van der Waals surface area contributed by atoms with Crippen LogP contribution in [0, 0.1) is 0 Å². The molecule has 0 aliphatic carbocycles. The van der Waals surface area contributed by atoms with E-state index in [1.807, 2.05) is 18.2 Å². The lowest BCUT2D eigenvalue weighted by molar-refractivity contribution is 0.414. The first-order valence-electron chi connectivity index (χ1n) is 8.27. The summed E-state index contributed by atoms with van der Waals surface area (Å²) < 4.78 is 6.75. The zero-order chi connectivity index (χ0) is 17.2. The predicted molar refractivity (Wildman–Crippen MR) is 94.1 cm³/mol. The zero-order valence-corrected chi connectivity index (χ0v) is 14.0. The Kier molecular flexibility index (Phi) is 4.10. The van der Waals surface area contributed by atoms with Crippen LogP contribution >= 0.6 is 0 Å². The fourth-order valence-corrected chi connectivity index (χ4v) is 3.22. The number of hydrogen-bond acceptors (Lipinski definition) is 6. The van der Waals surface area contributed by atoms with Crippen molar-refractivity contribution in [3.05, 3.63) is 52.7 Å². The molecule has 1 fully saturated rings. The third-order valence-corrected chi connectivity index (χ3v) is 4.53. The Hall–Kier alpha value is -2.87. The van der Waals surface area contributed by atoms with E-state index in [4.69, 9.17) is 4.74 Å². The lowest BCUT2D eigenvalue weighted by atomic mass is 10.2. The van der Waals surface area contributed by atoms with Crippen molar-refractivity contribution in [2.45, 2.75) is 19.0 Å². The fraction of sp³-hybridized carbons (Fsp3) is 0.353. The molecule has 1 aromatic carbocycles. The molecule has 0 spiro atoms. The van der Waals surface area contributed by atoms with E-state index in [-0.39, 0.29) is 5.69 Å². The van der Waals surface area contributed by atoms with E-state index in [0.29, 0.717) is 11.7 Å². The van der Waals surface area contributed by atoms with Crippen LogP contribution in [0.4, 0.5) is 5.82 Å². The van der Waals surface area contributed by atoms with Crippen molar-refractivity contribution < 1.29 is 4.74 Å². The summed E-state index contributed by atoms with van der Waals surface area (Å²) >= 11 is 0. The first kappa shape index (κ1) is 15.6. The number of H-pyrrole nitrogens is 1. The molecule has 0 bridgehead atoms.